The van der Waals surface area contributed by atoms with Crippen molar-refractivity contribution in [1.29, 1.82) is 0 Å². The zero-order chi connectivity index (χ0) is 19.6. The van der Waals surface area contributed by atoms with Crippen LogP contribution in [0.1, 0.15) is 39.0 Å². The van der Waals surface area contributed by atoms with E-state index in [1.165, 1.54) is 39.9 Å². The number of hydrogen-bond donors (Lipinski definition) is 1. The van der Waals surface area contributed by atoms with E-state index in [9.17, 15) is 9.59 Å². The van der Waals surface area contributed by atoms with Crippen LogP contribution >= 0.6 is 0 Å². The Bertz CT molecular complexity index is 811. The first kappa shape index (κ1) is 20.5. The molecule has 27 heavy (non-hydrogen) atoms. The topological polar surface area (TPSA) is 82.5 Å². The van der Waals surface area contributed by atoms with Crippen molar-refractivity contribution >= 4 is 28.5 Å². The second-order valence-electron chi connectivity index (χ2n) is 6.25. The monoisotopic (exact) mass is 373 g/mol. The number of nitrogens with one attached hydrogen (secondary N) is 1. The molecule has 0 saturated heterocycles. The Hall–Kier alpha value is -2.83. The van der Waals surface area contributed by atoms with E-state index in [1.54, 1.807) is 0 Å². The van der Waals surface area contributed by atoms with Gasteiger partial charge >= 0.3 is 11.9 Å². The van der Waals surface area contributed by atoms with Gasteiger partial charge in [-0.2, -0.15) is 5.10 Å². The Morgan fingerprint density at radius 1 is 1.15 bits per heavy atom. The summed E-state index contributed by atoms with van der Waals surface area (Å²) in [4.78, 5) is 23.4. The first-order valence-electron chi connectivity index (χ1n) is 9.19. The van der Waals surface area contributed by atoms with Crippen LogP contribution in [0, 0.1) is 0 Å². The molecule has 0 unspecified atom stereocenters. The van der Waals surface area contributed by atoms with Crippen molar-refractivity contribution in [2.75, 3.05) is 19.5 Å². The molecule has 0 amide bonds. The number of carbonyl (C=O) groups is 2. The molecular formula is C20H27N3O4. The maximum absolute atomic E-state index is 11.9. The fraction of sp³-hybridized carbons (Fsp3) is 0.450. The van der Waals surface area contributed by atoms with Crippen molar-refractivity contribution in [3.63, 3.8) is 0 Å². The lowest BCUT2D eigenvalue weighted by molar-refractivity contribution is -0.138. The molecule has 0 aliphatic carbocycles. The number of benzene rings is 1. The summed E-state index contributed by atoms with van der Waals surface area (Å²) in [5.74, 6) is -1.29. The van der Waals surface area contributed by atoms with E-state index in [4.69, 9.17) is 4.74 Å². The average Bonchev–Trinajstić information content (AvgIpc) is 3.08. The van der Waals surface area contributed by atoms with Gasteiger partial charge in [-0.05, 0) is 24.6 Å². The number of esters is 2. The third-order valence-electron chi connectivity index (χ3n) is 4.27. The second kappa shape index (κ2) is 10.4. The summed E-state index contributed by atoms with van der Waals surface area (Å²) in [5.41, 5.74) is 1.64. The molecule has 0 saturated carbocycles. The molecule has 7 heteroatoms. The summed E-state index contributed by atoms with van der Waals surface area (Å²) in [6.07, 6.45) is 8.88. The molecule has 7 nitrogen and oxygen atoms in total. The maximum atomic E-state index is 11.9. The van der Waals surface area contributed by atoms with Crippen LogP contribution in [-0.4, -0.2) is 35.9 Å². The van der Waals surface area contributed by atoms with Crippen molar-refractivity contribution in [2.24, 2.45) is 0 Å². The minimum Gasteiger partial charge on any atom is -0.466 e. The number of fused-ring (bicyclic) bond motifs is 1. The molecule has 2 rings (SSSR count). The van der Waals surface area contributed by atoms with Gasteiger partial charge in [-0.15, -0.1) is 0 Å². The summed E-state index contributed by atoms with van der Waals surface area (Å²) >= 11 is 0. The van der Waals surface area contributed by atoms with E-state index in [2.05, 4.69) is 22.1 Å². The van der Waals surface area contributed by atoms with Crippen LogP contribution < -0.4 is 5.32 Å². The van der Waals surface area contributed by atoms with Crippen LogP contribution in [-0.2, 0) is 25.6 Å². The van der Waals surface area contributed by atoms with Gasteiger partial charge in [-0.25, -0.2) is 9.59 Å². The number of ether oxygens (including phenoxy) is 2. The van der Waals surface area contributed by atoms with Crippen molar-refractivity contribution in [3.05, 3.63) is 36.2 Å². The Morgan fingerprint density at radius 3 is 2.63 bits per heavy atom. The Balaban J connectivity index is 2.16. The summed E-state index contributed by atoms with van der Waals surface area (Å²) in [6, 6.07) is 5.65. The predicted molar refractivity (Wildman–Crippen MR) is 104 cm³/mol. The molecule has 1 heterocycles. The summed E-state index contributed by atoms with van der Waals surface area (Å²) in [7, 11) is 2.50. The molecule has 1 N–H and O–H groups in total. The Kier molecular flexibility index (Phi) is 7.85. The molecule has 146 valence electrons. The lowest BCUT2D eigenvalue weighted by Gasteiger charge is -2.10. The van der Waals surface area contributed by atoms with Gasteiger partial charge in [0.25, 0.3) is 0 Å². The molecule has 0 bridgehead atoms. The Labute approximate surface area is 159 Å². The number of aryl methyl sites for hydroxylation is 1. The van der Waals surface area contributed by atoms with Gasteiger partial charge in [0.2, 0.25) is 0 Å². The predicted octanol–water partition coefficient (Wildman–Crippen LogP) is 3.65. The largest absolute Gasteiger partial charge is 0.466 e. The highest BCUT2D eigenvalue weighted by Crippen LogP contribution is 2.21. The molecule has 1 aromatic heterocycles. The first-order chi connectivity index (χ1) is 13.1. The van der Waals surface area contributed by atoms with E-state index in [1.807, 2.05) is 29.1 Å². The molecule has 0 aliphatic rings. The van der Waals surface area contributed by atoms with Crippen molar-refractivity contribution < 1.29 is 19.1 Å². The summed E-state index contributed by atoms with van der Waals surface area (Å²) in [5, 5.41) is 8.41. The van der Waals surface area contributed by atoms with Crippen molar-refractivity contribution in [2.45, 2.75) is 45.6 Å². The maximum Gasteiger partial charge on any atom is 0.354 e. The molecule has 0 atom stereocenters. The fourth-order valence-electron chi connectivity index (χ4n) is 2.78. The number of aromatic nitrogens is 2. The number of rotatable bonds is 10. The first-order valence-corrected chi connectivity index (χ1v) is 9.19. The number of carbonyl (C=O) groups excluding carboxylic acids is 2. The number of nitrogens with zero attached hydrogens (tertiary/aromatic N) is 2. The van der Waals surface area contributed by atoms with Crippen molar-refractivity contribution in [1.82, 2.24) is 9.78 Å². The van der Waals surface area contributed by atoms with Crippen LogP contribution in [0.5, 0.6) is 0 Å². The third-order valence-corrected chi connectivity index (χ3v) is 4.27. The smallest absolute Gasteiger partial charge is 0.354 e. The van der Waals surface area contributed by atoms with Gasteiger partial charge in [-0.1, -0.05) is 32.6 Å². The summed E-state index contributed by atoms with van der Waals surface area (Å²) < 4.78 is 11.3. The average molecular weight is 373 g/mol. The quantitative estimate of drug-likeness (QED) is 0.389. The van der Waals surface area contributed by atoms with Crippen LogP contribution in [0.3, 0.4) is 0 Å². The standard InChI is InChI=1S/C20H27N3O4/c1-4-5-6-7-8-11-23-18-12-16(10-9-15(18)14-21-23)22-17(20(25)27-3)13-19(24)26-2/h9-10,12-14,22H,4-8,11H2,1-3H3/b17-13+. The lowest BCUT2D eigenvalue weighted by Crippen LogP contribution is -2.15. The second-order valence-corrected chi connectivity index (χ2v) is 6.25. The van der Waals surface area contributed by atoms with E-state index in [-0.39, 0.29) is 5.70 Å². The number of methoxy groups -OCH3 is 2. The minimum atomic E-state index is -0.648. The van der Waals surface area contributed by atoms with Gasteiger partial charge < -0.3 is 14.8 Å². The zero-order valence-electron chi connectivity index (χ0n) is 16.2. The molecule has 0 radical (unpaired) electrons. The van der Waals surface area contributed by atoms with Gasteiger partial charge in [0.05, 0.1) is 32.0 Å². The highest BCUT2D eigenvalue weighted by atomic mass is 16.5. The Morgan fingerprint density at radius 2 is 1.93 bits per heavy atom. The van der Waals surface area contributed by atoms with Gasteiger partial charge in [0.1, 0.15) is 5.70 Å². The molecular weight excluding hydrogens is 346 g/mol. The molecule has 0 spiro atoms. The van der Waals surface area contributed by atoms with E-state index in [0.29, 0.717) is 5.69 Å². The molecule has 0 aliphatic heterocycles. The normalized spacial score (nSPS) is 11.4. The number of unbranched alkanes of at least 4 members (excludes halogenated alkanes) is 4. The van der Waals surface area contributed by atoms with Gasteiger partial charge in [0.15, 0.2) is 0 Å². The number of hydrogen-bond acceptors (Lipinski definition) is 6. The van der Waals surface area contributed by atoms with E-state index in [0.717, 1.165) is 29.9 Å². The van der Waals surface area contributed by atoms with Crippen LogP contribution in [0.4, 0.5) is 5.69 Å². The van der Waals surface area contributed by atoms with Gasteiger partial charge in [0, 0.05) is 17.6 Å². The van der Waals surface area contributed by atoms with Crippen LogP contribution in [0.2, 0.25) is 0 Å². The van der Waals surface area contributed by atoms with Crippen LogP contribution in [0.15, 0.2) is 36.2 Å². The van der Waals surface area contributed by atoms with Crippen LogP contribution in [0.25, 0.3) is 10.9 Å². The lowest BCUT2D eigenvalue weighted by atomic mass is 10.1. The molecule has 2 aromatic rings. The highest BCUT2D eigenvalue weighted by Gasteiger charge is 2.13. The third kappa shape index (κ3) is 5.84. The van der Waals surface area contributed by atoms with E-state index < -0.39 is 11.9 Å². The van der Waals surface area contributed by atoms with Gasteiger partial charge in [-0.3, -0.25) is 4.68 Å². The summed E-state index contributed by atoms with van der Waals surface area (Å²) in [6.45, 7) is 3.05. The highest BCUT2D eigenvalue weighted by molar-refractivity contribution is 5.99. The van der Waals surface area contributed by atoms with Crippen molar-refractivity contribution in [3.8, 4) is 0 Å². The zero-order valence-corrected chi connectivity index (χ0v) is 16.2. The minimum absolute atomic E-state index is 0.00864. The molecule has 0 fully saturated rings. The fourth-order valence-corrected chi connectivity index (χ4v) is 2.78. The van der Waals surface area contributed by atoms with E-state index >= 15 is 0 Å². The SMILES string of the molecule is CCCCCCCn1ncc2ccc(N/C(=C/C(=O)OC)C(=O)OC)cc21. The number of anilines is 1. The molecule has 1 aromatic carbocycles.